The molecule has 0 N–H and O–H groups in total. The van der Waals surface area contributed by atoms with Gasteiger partial charge in [-0.3, -0.25) is 0 Å². The summed E-state index contributed by atoms with van der Waals surface area (Å²) in [6.07, 6.45) is 7.67. The second-order valence-electron chi connectivity index (χ2n) is 5.56. The van der Waals surface area contributed by atoms with Gasteiger partial charge in [0.2, 0.25) is 0 Å². The van der Waals surface area contributed by atoms with Crippen molar-refractivity contribution in [2.24, 2.45) is 0 Å². The molecule has 0 aliphatic carbocycles. The predicted octanol–water partition coefficient (Wildman–Crippen LogP) is -3.89. The van der Waals surface area contributed by atoms with E-state index in [1.54, 1.807) is 0 Å². The molecule has 0 radical (unpaired) electrons. The molecule has 0 saturated carbocycles. The summed E-state index contributed by atoms with van der Waals surface area (Å²) in [6, 6.07) is 19.9. The van der Waals surface area contributed by atoms with Gasteiger partial charge in [-0.25, -0.2) is 9.13 Å². The van der Waals surface area contributed by atoms with Crippen LogP contribution in [0.3, 0.4) is 0 Å². The summed E-state index contributed by atoms with van der Waals surface area (Å²) in [5, 5.41) is 17.7. The van der Waals surface area contributed by atoms with Gasteiger partial charge in [0.05, 0.1) is 23.3 Å². The van der Waals surface area contributed by atoms with Crippen LogP contribution < -0.4 is 43.1 Å². The minimum Gasteiger partial charge on any atom is -1.00 e. The molecule has 0 bridgehead atoms. The lowest BCUT2D eigenvalue weighted by Crippen LogP contribution is -3.00. The summed E-state index contributed by atoms with van der Waals surface area (Å²) in [5.41, 5.74) is 3.74. The quantitative estimate of drug-likeness (QED) is 0.365. The summed E-state index contributed by atoms with van der Waals surface area (Å²) in [7, 11) is 0. The third-order valence-electron chi connectivity index (χ3n) is 3.76. The Morgan fingerprint density at radius 2 is 1.04 bits per heavy atom. The van der Waals surface area contributed by atoms with Gasteiger partial charge in [-0.05, 0) is 6.07 Å². The average Bonchev–Trinajstić information content (AvgIpc) is 2.63. The summed E-state index contributed by atoms with van der Waals surface area (Å²) in [6.45, 7) is 1.52. The van der Waals surface area contributed by atoms with Crippen molar-refractivity contribution in [3.8, 4) is 12.1 Å². The fraction of sp³-hybridized carbons (Fsp3) is 0.100. The highest BCUT2D eigenvalue weighted by molar-refractivity contribution is 5.25. The molecule has 6 heteroatoms. The summed E-state index contributed by atoms with van der Waals surface area (Å²) < 4.78 is 4.10. The molecule has 2 heterocycles. The molecule has 0 aliphatic rings. The zero-order chi connectivity index (χ0) is 16.8. The highest BCUT2D eigenvalue weighted by Gasteiger charge is 2.07. The number of hydrogen-bond acceptors (Lipinski definition) is 2. The monoisotopic (exact) mass is 470 g/mol. The molecule has 0 saturated heterocycles. The smallest absolute Gasteiger partial charge is 0.173 e. The van der Waals surface area contributed by atoms with Crippen molar-refractivity contribution in [2.75, 3.05) is 0 Å². The Morgan fingerprint density at radius 3 is 1.38 bits per heavy atom. The van der Waals surface area contributed by atoms with Crippen LogP contribution in [0.4, 0.5) is 0 Å². The molecule has 4 nitrogen and oxygen atoms in total. The maximum atomic E-state index is 8.85. The number of aromatic nitrogens is 2. The summed E-state index contributed by atoms with van der Waals surface area (Å²) in [5.74, 6) is 0. The van der Waals surface area contributed by atoms with Crippen LogP contribution in [-0.2, 0) is 13.1 Å². The van der Waals surface area contributed by atoms with Gasteiger partial charge >= 0.3 is 0 Å². The second-order valence-corrected chi connectivity index (χ2v) is 5.56. The van der Waals surface area contributed by atoms with Crippen molar-refractivity contribution in [3.63, 3.8) is 0 Å². The van der Waals surface area contributed by atoms with E-state index < -0.39 is 0 Å². The van der Waals surface area contributed by atoms with E-state index in [4.69, 9.17) is 10.5 Å². The lowest BCUT2D eigenvalue weighted by Gasteiger charge is -2.02. The molecule has 0 atom stereocenters. The highest BCUT2D eigenvalue weighted by Crippen LogP contribution is 2.05. The fourth-order valence-electron chi connectivity index (χ4n) is 2.52. The van der Waals surface area contributed by atoms with Crippen LogP contribution in [0.2, 0.25) is 0 Å². The van der Waals surface area contributed by atoms with Gasteiger partial charge in [-0.2, -0.15) is 10.5 Å². The van der Waals surface area contributed by atoms with E-state index in [0.29, 0.717) is 11.1 Å². The van der Waals surface area contributed by atoms with Crippen LogP contribution in [0.5, 0.6) is 0 Å². The standard InChI is InChI=1S/C20H16N4.2BrH/c21-13-17-4-8-23(9-5-17)15-19-2-1-3-20(12-19)16-24-10-6-18(14-22)7-11-24;;/h1-12H,15-16H2;2*1H/q+2;;/p-2. The predicted molar refractivity (Wildman–Crippen MR) is 87.4 cm³/mol. The Labute approximate surface area is 174 Å². The SMILES string of the molecule is N#Cc1cc[n+](Cc2cccc(C[n+]3ccc(C#N)cc3)c2)cc1.[Br-].[Br-]. The number of benzene rings is 1. The fourth-order valence-corrected chi connectivity index (χ4v) is 2.52. The second kappa shape index (κ2) is 10.5. The molecule has 0 fully saturated rings. The number of rotatable bonds is 4. The van der Waals surface area contributed by atoms with Crippen molar-refractivity contribution >= 4 is 0 Å². The van der Waals surface area contributed by atoms with E-state index in [0.717, 1.165) is 13.1 Å². The van der Waals surface area contributed by atoms with E-state index in [-0.39, 0.29) is 34.0 Å². The highest BCUT2D eigenvalue weighted by atomic mass is 79.9. The minimum absolute atomic E-state index is 0. The number of hydrogen-bond donors (Lipinski definition) is 0. The maximum absolute atomic E-state index is 8.85. The van der Waals surface area contributed by atoms with Crippen molar-refractivity contribution in [1.82, 2.24) is 0 Å². The lowest BCUT2D eigenvalue weighted by atomic mass is 10.1. The zero-order valence-corrected chi connectivity index (χ0v) is 17.1. The molecule has 0 unspecified atom stereocenters. The summed E-state index contributed by atoms with van der Waals surface area (Å²) >= 11 is 0. The molecule has 26 heavy (non-hydrogen) atoms. The Kier molecular flexibility index (Phi) is 8.64. The van der Waals surface area contributed by atoms with E-state index in [1.165, 1.54) is 11.1 Å². The van der Waals surface area contributed by atoms with Gasteiger partial charge in [0.15, 0.2) is 37.9 Å². The Morgan fingerprint density at radius 1 is 0.654 bits per heavy atom. The van der Waals surface area contributed by atoms with Crippen molar-refractivity contribution in [3.05, 3.63) is 95.6 Å². The third-order valence-corrected chi connectivity index (χ3v) is 3.76. The van der Waals surface area contributed by atoms with E-state index in [2.05, 4.69) is 45.5 Å². The normalized spacial score (nSPS) is 9.15. The zero-order valence-electron chi connectivity index (χ0n) is 13.9. The number of halogens is 2. The van der Waals surface area contributed by atoms with Crippen molar-refractivity contribution < 1.29 is 43.1 Å². The Bertz CT molecular complexity index is 849. The number of nitrogens with zero attached hydrogens (tertiary/aromatic N) is 4. The molecule has 3 aromatic rings. The van der Waals surface area contributed by atoms with Crippen molar-refractivity contribution in [2.45, 2.75) is 13.1 Å². The molecule has 3 rings (SSSR count). The molecular weight excluding hydrogens is 456 g/mol. The first-order chi connectivity index (χ1) is 11.8. The van der Waals surface area contributed by atoms with Crippen LogP contribution in [0, 0.1) is 22.7 Å². The van der Waals surface area contributed by atoms with E-state index in [9.17, 15) is 0 Å². The van der Waals surface area contributed by atoms with E-state index >= 15 is 0 Å². The van der Waals surface area contributed by atoms with Crippen LogP contribution in [0.25, 0.3) is 0 Å². The largest absolute Gasteiger partial charge is 1.00 e. The van der Waals surface area contributed by atoms with Gasteiger partial charge in [0, 0.05) is 35.4 Å². The average molecular weight is 472 g/mol. The molecule has 0 amide bonds. The van der Waals surface area contributed by atoms with Gasteiger partial charge in [0.1, 0.15) is 0 Å². The van der Waals surface area contributed by atoms with Crippen LogP contribution in [-0.4, -0.2) is 0 Å². The third kappa shape index (κ3) is 5.77. The van der Waals surface area contributed by atoms with Crippen LogP contribution in [0.15, 0.2) is 73.3 Å². The topological polar surface area (TPSA) is 55.3 Å². The first kappa shape index (κ1) is 21.5. The first-order valence-corrected chi connectivity index (χ1v) is 7.63. The van der Waals surface area contributed by atoms with Gasteiger partial charge < -0.3 is 34.0 Å². The first-order valence-electron chi connectivity index (χ1n) is 7.63. The molecule has 0 spiro atoms. The number of pyridine rings is 2. The molecule has 2 aromatic heterocycles. The van der Waals surface area contributed by atoms with Crippen LogP contribution >= 0.6 is 0 Å². The van der Waals surface area contributed by atoms with Gasteiger partial charge in [-0.15, -0.1) is 0 Å². The molecule has 130 valence electrons. The van der Waals surface area contributed by atoms with Gasteiger partial charge in [0.25, 0.3) is 0 Å². The minimum atomic E-state index is 0. The number of nitriles is 2. The van der Waals surface area contributed by atoms with Gasteiger partial charge in [-0.1, -0.05) is 18.2 Å². The molecule has 0 aliphatic heterocycles. The Balaban J connectivity index is 0.00000169. The van der Waals surface area contributed by atoms with Crippen molar-refractivity contribution in [1.29, 1.82) is 10.5 Å². The Hall–Kier alpha value is -2.54. The lowest BCUT2D eigenvalue weighted by molar-refractivity contribution is -0.689. The molecule has 1 aromatic carbocycles. The van der Waals surface area contributed by atoms with Crippen LogP contribution in [0.1, 0.15) is 22.3 Å². The summed E-state index contributed by atoms with van der Waals surface area (Å²) in [4.78, 5) is 0. The molecular formula is C20H16Br2N4. The van der Waals surface area contributed by atoms with E-state index in [1.807, 2.05) is 49.1 Å². The maximum Gasteiger partial charge on any atom is 0.173 e.